The molecule has 2 amide bonds. The number of nitrogens with zero attached hydrogens (tertiary/aromatic N) is 1. The predicted molar refractivity (Wildman–Crippen MR) is 119 cm³/mol. The van der Waals surface area contributed by atoms with Gasteiger partial charge < -0.3 is 10.2 Å². The van der Waals surface area contributed by atoms with E-state index in [1.165, 1.54) is 0 Å². The SMILES string of the molecule is C=C(C)C1=CC(NC(=O)CCc2ccc(Cl)cc2Cl)C(=O)N(C)c2ccccc21. The van der Waals surface area contributed by atoms with Crippen molar-refractivity contribution in [3.05, 3.63) is 81.9 Å². The van der Waals surface area contributed by atoms with Gasteiger partial charge in [0.05, 0.1) is 5.69 Å². The normalized spacial score (nSPS) is 16.0. The van der Waals surface area contributed by atoms with Crippen LogP contribution in [0.3, 0.4) is 0 Å². The van der Waals surface area contributed by atoms with E-state index in [9.17, 15) is 9.59 Å². The topological polar surface area (TPSA) is 49.4 Å². The first kappa shape index (κ1) is 21.2. The third-order valence-corrected chi connectivity index (χ3v) is 5.49. The Morgan fingerprint density at radius 3 is 2.62 bits per heavy atom. The molecule has 0 aliphatic carbocycles. The summed E-state index contributed by atoms with van der Waals surface area (Å²) < 4.78 is 0. The standard InChI is InChI=1S/C23H22Cl2N2O2/c1-14(2)18-13-20(23(29)27(3)21-7-5-4-6-17(18)21)26-22(28)11-9-15-8-10-16(24)12-19(15)25/h4-8,10,12-13,20H,1,9,11H2,2-3H3,(H,26,28). The van der Waals surface area contributed by atoms with E-state index < -0.39 is 6.04 Å². The van der Waals surface area contributed by atoms with Crippen molar-refractivity contribution < 1.29 is 9.59 Å². The smallest absolute Gasteiger partial charge is 0.253 e. The van der Waals surface area contributed by atoms with Gasteiger partial charge >= 0.3 is 0 Å². The Morgan fingerprint density at radius 1 is 1.21 bits per heavy atom. The summed E-state index contributed by atoms with van der Waals surface area (Å²) in [6.07, 6.45) is 2.44. The van der Waals surface area contributed by atoms with Crippen molar-refractivity contribution >= 4 is 46.3 Å². The molecular formula is C23H22Cl2N2O2. The third-order valence-electron chi connectivity index (χ3n) is 4.90. The minimum atomic E-state index is -0.771. The minimum Gasteiger partial charge on any atom is -0.341 e. The van der Waals surface area contributed by atoms with Crippen molar-refractivity contribution in [3.63, 3.8) is 0 Å². The van der Waals surface area contributed by atoms with Crippen molar-refractivity contribution in [2.24, 2.45) is 0 Å². The lowest BCUT2D eigenvalue weighted by Crippen LogP contribution is -2.46. The maximum atomic E-state index is 13.0. The van der Waals surface area contributed by atoms with Crippen LogP contribution in [0, 0.1) is 0 Å². The number of carbonyl (C=O) groups excluding carboxylic acids is 2. The second-order valence-corrected chi connectivity index (χ2v) is 7.90. The van der Waals surface area contributed by atoms with Gasteiger partial charge in [0.2, 0.25) is 5.91 Å². The van der Waals surface area contributed by atoms with Gasteiger partial charge in [0.25, 0.3) is 5.91 Å². The fourth-order valence-corrected chi connectivity index (χ4v) is 3.85. The Balaban J connectivity index is 1.79. The monoisotopic (exact) mass is 428 g/mol. The molecule has 0 fully saturated rings. The van der Waals surface area contributed by atoms with Crippen molar-refractivity contribution in [2.75, 3.05) is 11.9 Å². The summed E-state index contributed by atoms with van der Waals surface area (Å²) in [6, 6.07) is 12.1. The van der Waals surface area contributed by atoms with Gasteiger partial charge in [-0.25, -0.2) is 0 Å². The Kier molecular flexibility index (Phi) is 6.46. The summed E-state index contributed by atoms with van der Waals surface area (Å²) in [5.74, 6) is -0.433. The molecular weight excluding hydrogens is 407 g/mol. The highest BCUT2D eigenvalue weighted by atomic mass is 35.5. The van der Waals surface area contributed by atoms with Gasteiger partial charge in [-0.15, -0.1) is 0 Å². The summed E-state index contributed by atoms with van der Waals surface area (Å²) in [5, 5.41) is 3.92. The summed E-state index contributed by atoms with van der Waals surface area (Å²) in [5.41, 5.74) is 4.22. The lowest BCUT2D eigenvalue weighted by molar-refractivity contribution is -0.126. The van der Waals surface area contributed by atoms with Gasteiger partial charge in [-0.05, 0) is 48.8 Å². The number of carbonyl (C=O) groups is 2. The Bertz CT molecular complexity index is 1010. The molecule has 1 aliphatic heterocycles. The summed E-state index contributed by atoms with van der Waals surface area (Å²) in [4.78, 5) is 27.1. The zero-order chi connectivity index (χ0) is 21.1. The van der Waals surface area contributed by atoms with E-state index >= 15 is 0 Å². The zero-order valence-electron chi connectivity index (χ0n) is 16.3. The molecule has 0 aromatic heterocycles. The maximum absolute atomic E-state index is 13.0. The number of rotatable bonds is 5. The average Bonchev–Trinajstić information content (AvgIpc) is 2.78. The maximum Gasteiger partial charge on any atom is 0.253 e. The molecule has 3 rings (SSSR count). The van der Waals surface area contributed by atoms with E-state index in [4.69, 9.17) is 23.2 Å². The van der Waals surface area contributed by atoms with Crippen molar-refractivity contribution in [1.29, 1.82) is 0 Å². The van der Waals surface area contributed by atoms with Crippen LogP contribution < -0.4 is 10.2 Å². The van der Waals surface area contributed by atoms with E-state index in [2.05, 4.69) is 11.9 Å². The molecule has 1 atom stereocenters. The summed E-state index contributed by atoms with van der Waals surface area (Å²) >= 11 is 12.1. The van der Waals surface area contributed by atoms with Gasteiger partial charge in [0, 0.05) is 29.1 Å². The minimum absolute atomic E-state index is 0.202. The molecule has 0 saturated heterocycles. The van der Waals surface area contributed by atoms with E-state index in [1.54, 1.807) is 36.2 Å². The number of amides is 2. The van der Waals surface area contributed by atoms with E-state index in [-0.39, 0.29) is 18.2 Å². The number of anilines is 1. The van der Waals surface area contributed by atoms with Crippen LogP contribution in [0.25, 0.3) is 5.57 Å². The number of para-hydroxylation sites is 1. The van der Waals surface area contributed by atoms with Gasteiger partial charge in [-0.2, -0.15) is 0 Å². The van der Waals surface area contributed by atoms with E-state index in [0.29, 0.717) is 16.5 Å². The van der Waals surface area contributed by atoms with Crippen LogP contribution >= 0.6 is 23.2 Å². The number of hydrogen-bond donors (Lipinski definition) is 1. The Morgan fingerprint density at radius 2 is 1.93 bits per heavy atom. The quantitative estimate of drug-likeness (QED) is 0.724. The van der Waals surface area contributed by atoms with Crippen LogP contribution in [0.4, 0.5) is 5.69 Å². The third kappa shape index (κ3) is 4.72. The highest BCUT2D eigenvalue weighted by molar-refractivity contribution is 6.35. The number of nitrogens with one attached hydrogen (secondary N) is 1. The molecule has 2 aromatic rings. The Hall–Kier alpha value is -2.56. The number of halogens is 2. The van der Waals surface area contributed by atoms with Crippen LogP contribution in [-0.2, 0) is 16.0 Å². The van der Waals surface area contributed by atoms with E-state index in [1.807, 2.05) is 31.2 Å². The van der Waals surface area contributed by atoms with Crippen LogP contribution in [0.5, 0.6) is 0 Å². The van der Waals surface area contributed by atoms with Crippen molar-refractivity contribution in [2.45, 2.75) is 25.8 Å². The average molecular weight is 429 g/mol. The fourth-order valence-electron chi connectivity index (χ4n) is 3.34. The van der Waals surface area contributed by atoms with Crippen LogP contribution in [-0.4, -0.2) is 24.9 Å². The van der Waals surface area contributed by atoms with Crippen LogP contribution in [0.2, 0.25) is 10.0 Å². The first-order valence-electron chi connectivity index (χ1n) is 9.26. The molecule has 1 unspecified atom stereocenters. The molecule has 1 aliphatic rings. The van der Waals surface area contributed by atoms with Gasteiger partial charge in [-0.1, -0.05) is 59.6 Å². The number of fused-ring (bicyclic) bond motifs is 1. The lowest BCUT2D eigenvalue weighted by Gasteiger charge is -2.21. The number of aryl methyl sites for hydroxylation is 1. The molecule has 0 spiro atoms. The molecule has 1 heterocycles. The first-order chi connectivity index (χ1) is 13.8. The highest BCUT2D eigenvalue weighted by Gasteiger charge is 2.29. The zero-order valence-corrected chi connectivity index (χ0v) is 17.8. The molecule has 0 bridgehead atoms. The predicted octanol–water partition coefficient (Wildman–Crippen LogP) is 5.05. The number of hydrogen-bond acceptors (Lipinski definition) is 2. The molecule has 0 radical (unpaired) electrons. The Labute approximate surface area is 180 Å². The van der Waals surface area contributed by atoms with Crippen LogP contribution in [0.1, 0.15) is 24.5 Å². The summed E-state index contributed by atoms with van der Waals surface area (Å²) in [6.45, 7) is 5.93. The van der Waals surface area contributed by atoms with Crippen LogP contribution in [0.15, 0.2) is 60.7 Å². The molecule has 2 aromatic carbocycles. The molecule has 0 saturated carbocycles. The molecule has 4 nitrogen and oxygen atoms in total. The van der Waals surface area contributed by atoms with Gasteiger partial charge in [-0.3, -0.25) is 9.59 Å². The second-order valence-electron chi connectivity index (χ2n) is 7.06. The van der Waals surface area contributed by atoms with Gasteiger partial charge in [0.15, 0.2) is 0 Å². The molecule has 1 N–H and O–H groups in total. The second kappa shape index (κ2) is 8.85. The number of likely N-dealkylation sites (N-methyl/N-ethyl adjacent to an activating group) is 1. The number of allylic oxidation sites excluding steroid dienone is 2. The highest BCUT2D eigenvalue weighted by Crippen LogP contribution is 2.33. The molecule has 6 heteroatoms. The molecule has 150 valence electrons. The van der Waals surface area contributed by atoms with Crippen molar-refractivity contribution in [3.8, 4) is 0 Å². The number of benzene rings is 2. The first-order valence-corrected chi connectivity index (χ1v) is 10.0. The van der Waals surface area contributed by atoms with Crippen molar-refractivity contribution in [1.82, 2.24) is 5.32 Å². The van der Waals surface area contributed by atoms with Gasteiger partial charge in [0.1, 0.15) is 6.04 Å². The fraction of sp³-hybridized carbons (Fsp3) is 0.217. The molecule has 29 heavy (non-hydrogen) atoms. The largest absolute Gasteiger partial charge is 0.341 e. The summed E-state index contributed by atoms with van der Waals surface area (Å²) in [7, 11) is 1.71. The lowest BCUT2D eigenvalue weighted by atomic mass is 9.97. The van der Waals surface area contributed by atoms with E-state index in [0.717, 1.165) is 28.0 Å².